The lowest BCUT2D eigenvalue weighted by Gasteiger charge is -2.35. The Bertz CT molecular complexity index is 154. The summed E-state index contributed by atoms with van der Waals surface area (Å²) in [5.74, 6) is 0. The molecule has 2 rings (SSSR count). The Kier molecular flexibility index (Phi) is 1.89. The number of ether oxygens (including phenoxy) is 1. The Balaban J connectivity index is 2.06. The summed E-state index contributed by atoms with van der Waals surface area (Å²) in [5.41, 5.74) is 0.427. The van der Waals surface area contributed by atoms with Crippen LogP contribution in [-0.2, 0) is 4.74 Å². The minimum atomic E-state index is 0.427. The van der Waals surface area contributed by atoms with Crippen molar-refractivity contribution in [3.63, 3.8) is 0 Å². The van der Waals surface area contributed by atoms with Gasteiger partial charge in [-0.3, -0.25) is 0 Å². The molecule has 1 heterocycles. The van der Waals surface area contributed by atoms with Crippen molar-refractivity contribution in [1.82, 2.24) is 0 Å². The van der Waals surface area contributed by atoms with E-state index in [0.29, 0.717) is 5.41 Å². The minimum Gasteiger partial charge on any atom is -0.501 e. The summed E-state index contributed by atoms with van der Waals surface area (Å²) < 4.78 is 5.16. The molecule has 0 aromatic rings. The summed E-state index contributed by atoms with van der Waals surface area (Å²) in [6.07, 6.45) is 13.3. The van der Waals surface area contributed by atoms with Crippen molar-refractivity contribution in [2.75, 3.05) is 6.61 Å². The summed E-state index contributed by atoms with van der Waals surface area (Å²) in [6, 6.07) is 0. The highest BCUT2D eigenvalue weighted by molar-refractivity contribution is 4.94. The van der Waals surface area contributed by atoms with E-state index >= 15 is 0 Å². The van der Waals surface area contributed by atoms with Gasteiger partial charge in [-0.15, -0.1) is 0 Å². The molecule has 61 valence electrons. The van der Waals surface area contributed by atoms with Crippen LogP contribution in [0, 0.1) is 11.5 Å². The number of allylic oxidation sites excluding steroid dienone is 1. The summed E-state index contributed by atoms with van der Waals surface area (Å²) in [5, 5.41) is 0. The number of rotatable bonds is 0. The topological polar surface area (TPSA) is 9.23 Å². The van der Waals surface area contributed by atoms with Crippen LogP contribution in [0.25, 0.3) is 0 Å². The van der Waals surface area contributed by atoms with Crippen molar-refractivity contribution in [3.8, 4) is 0 Å². The Hall–Kier alpha value is -0.460. The molecule has 0 aromatic heterocycles. The molecule has 0 N–H and O–H groups in total. The molecular formula is C10H15O. The summed E-state index contributed by atoms with van der Waals surface area (Å²) in [7, 11) is 0. The Morgan fingerprint density at radius 1 is 1.09 bits per heavy atom. The van der Waals surface area contributed by atoms with E-state index in [9.17, 15) is 0 Å². The van der Waals surface area contributed by atoms with E-state index in [1.54, 1.807) is 6.26 Å². The highest BCUT2D eigenvalue weighted by atomic mass is 16.5. The highest BCUT2D eigenvalue weighted by Gasteiger charge is 2.31. The van der Waals surface area contributed by atoms with Gasteiger partial charge in [0, 0.05) is 5.41 Å². The van der Waals surface area contributed by atoms with E-state index in [0.717, 1.165) is 6.61 Å². The highest BCUT2D eigenvalue weighted by Crippen LogP contribution is 2.41. The Morgan fingerprint density at radius 3 is 2.55 bits per heavy atom. The van der Waals surface area contributed by atoms with Gasteiger partial charge < -0.3 is 4.74 Å². The van der Waals surface area contributed by atoms with Crippen molar-refractivity contribution in [1.29, 1.82) is 0 Å². The first-order chi connectivity index (χ1) is 5.41. The minimum absolute atomic E-state index is 0.427. The second-order valence-corrected chi connectivity index (χ2v) is 3.72. The van der Waals surface area contributed by atoms with Gasteiger partial charge in [-0.05, 0) is 25.3 Å². The summed E-state index contributed by atoms with van der Waals surface area (Å²) in [6.45, 7) is 0.910. The van der Waals surface area contributed by atoms with E-state index in [1.807, 2.05) is 0 Å². The van der Waals surface area contributed by atoms with Gasteiger partial charge in [-0.1, -0.05) is 19.3 Å². The third kappa shape index (κ3) is 1.42. The molecular weight excluding hydrogens is 136 g/mol. The smallest absolute Gasteiger partial charge is 0.0882 e. The fraction of sp³-hybridized carbons (Fsp3) is 0.800. The van der Waals surface area contributed by atoms with Crippen LogP contribution in [0.2, 0.25) is 0 Å². The van der Waals surface area contributed by atoms with Crippen LogP contribution in [0.4, 0.5) is 0 Å². The van der Waals surface area contributed by atoms with Gasteiger partial charge in [0.05, 0.1) is 12.9 Å². The van der Waals surface area contributed by atoms with Gasteiger partial charge in [0.15, 0.2) is 0 Å². The standard InChI is InChI=1S/C10H15O/c1-2-4-10(5-3-1)6-8-11-9-7-10/h9H,1-6,8H2. The molecule has 11 heavy (non-hydrogen) atoms. The molecule has 1 radical (unpaired) electrons. The molecule has 0 unspecified atom stereocenters. The van der Waals surface area contributed by atoms with Gasteiger partial charge in [0.25, 0.3) is 0 Å². The number of hydrogen-bond donors (Lipinski definition) is 0. The molecule has 0 saturated heterocycles. The third-order valence-corrected chi connectivity index (χ3v) is 2.96. The molecule has 0 amide bonds. The maximum absolute atomic E-state index is 5.16. The third-order valence-electron chi connectivity index (χ3n) is 2.96. The quantitative estimate of drug-likeness (QED) is 0.517. The molecule has 0 atom stereocenters. The number of hydrogen-bond acceptors (Lipinski definition) is 1. The fourth-order valence-corrected chi connectivity index (χ4v) is 2.17. The maximum Gasteiger partial charge on any atom is 0.0882 e. The molecule has 1 spiro atoms. The van der Waals surface area contributed by atoms with Crippen LogP contribution >= 0.6 is 0 Å². The van der Waals surface area contributed by atoms with E-state index in [-0.39, 0.29) is 0 Å². The van der Waals surface area contributed by atoms with Gasteiger partial charge in [0.2, 0.25) is 0 Å². The SMILES string of the molecule is [C]1=COCCC12CCCCC2. The average molecular weight is 151 g/mol. The Morgan fingerprint density at radius 2 is 1.91 bits per heavy atom. The molecule has 2 aliphatic rings. The summed E-state index contributed by atoms with van der Waals surface area (Å²) in [4.78, 5) is 0. The predicted octanol–water partition coefficient (Wildman–Crippen LogP) is 2.67. The fourth-order valence-electron chi connectivity index (χ4n) is 2.17. The molecule has 0 aromatic carbocycles. The van der Waals surface area contributed by atoms with Crippen LogP contribution in [0.5, 0.6) is 0 Å². The first-order valence-electron chi connectivity index (χ1n) is 4.62. The van der Waals surface area contributed by atoms with Crippen molar-refractivity contribution in [3.05, 3.63) is 12.3 Å². The molecule has 1 saturated carbocycles. The molecule has 0 bridgehead atoms. The molecule has 1 aliphatic heterocycles. The lowest BCUT2D eigenvalue weighted by molar-refractivity contribution is 0.120. The van der Waals surface area contributed by atoms with Gasteiger partial charge in [-0.2, -0.15) is 0 Å². The van der Waals surface area contributed by atoms with E-state index in [1.165, 1.54) is 38.5 Å². The van der Waals surface area contributed by atoms with Crippen molar-refractivity contribution in [2.45, 2.75) is 38.5 Å². The summed E-state index contributed by atoms with van der Waals surface area (Å²) >= 11 is 0. The van der Waals surface area contributed by atoms with Crippen molar-refractivity contribution >= 4 is 0 Å². The van der Waals surface area contributed by atoms with Crippen LogP contribution in [0.1, 0.15) is 38.5 Å². The second-order valence-electron chi connectivity index (χ2n) is 3.72. The lowest BCUT2D eigenvalue weighted by Crippen LogP contribution is -2.26. The normalized spacial score (nSPS) is 28.4. The van der Waals surface area contributed by atoms with Gasteiger partial charge in [-0.25, -0.2) is 0 Å². The second kappa shape index (κ2) is 2.88. The largest absolute Gasteiger partial charge is 0.501 e. The van der Waals surface area contributed by atoms with Crippen molar-refractivity contribution in [2.24, 2.45) is 5.41 Å². The molecule has 1 heteroatoms. The Labute approximate surface area is 68.4 Å². The van der Waals surface area contributed by atoms with E-state index < -0.39 is 0 Å². The van der Waals surface area contributed by atoms with E-state index in [2.05, 4.69) is 6.08 Å². The first kappa shape index (κ1) is 7.20. The average Bonchev–Trinajstić information content (AvgIpc) is 2.07. The van der Waals surface area contributed by atoms with Crippen LogP contribution in [0.3, 0.4) is 0 Å². The van der Waals surface area contributed by atoms with Crippen molar-refractivity contribution < 1.29 is 4.74 Å². The molecule has 1 aliphatic carbocycles. The van der Waals surface area contributed by atoms with Gasteiger partial charge in [0.1, 0.15) is 0 Å². The van der Waals surface area contributed by atoms with Crippen LogP contribution in [-0.4, -0.2) is 6.61 Å². The zero-order valence-corrected chi connectivity index (χ0v) is 6.94. The van der Waals surface area contributed by atoms with Crippen LogP contribution < -0.4 is 0 Å². The molecule has 1 fully saturated rings. The monoisotopic (exact) mass is 151 g/mol. The lowest BCUT2D eigenvalue weighted by atomic mass is 9.71. The van der Waals surface area contributed by atoms with Gasteiger partial charge >= 0.3 is 0 Å². The first-order valence-corrected chi connectivity index (χ1v) is 4.62. The zero-order chi connectivity index (χ0) is 7.57. The van der Waals surface area contributed by atoms with E-state index in [4.69, 9.17) is 4.74 Å². The zero-order valence-electron chi connectivity index (χ0n) is 6.94. The molecule has 1 nitrogen and oxygen atoms in total. The van der Waals surface area contributed by atoms with Crippen LogP contribution in [0.15, 0.2) is 6.26 Å². The maximum atomic E-state index is 5.16. The predicted molar refractivity (Wildman–Crippen MR) is 43.9 cm³/mol.